The predicted octanol–water partition coefficient (Wildman–Crippen LogP) is 15.9. The van der Waals surface area contributed by atoms with Gasteiger partial charge in [0.1, 0.15) is 5.82 Å². The van der Waals surface area contributed by atoms with Crippen LogP contribution in [0.1, 0.15) is 12.7 Å². The molecule has 0 aliphatic heterocycles. The second kappa shape index (κ2) is 15.4. The van der Waals surface area contributed by atoms with Gasteiger partial charge in [-0.15, -0.1) is 0 Å². The van der Waals surface area contributed by atoms with Gasteiger partial charge in [-0.05, 0) is 95.7 Å². The molecule has 2 heteroatoms. The van der Waals surface area contributed by atoms with Gasteiger partial charge in [0.05, 0.1) is 16.7 Å². The van der Waals surface area contributed by atoms with Gasteiger partial charge in [-0.3, -0.25) is 4.57 Å². The van der Waals surface area contributed by atoms with E-state index in [0.29, 0.717) is 0 Å². The van der Waals surface area contributed by atoms with Crippen LogP contribution in [-0.4, -0.2) is 9.55 Å². The Labute approximate surface area is 356 Å². The van der Waals surface area contributed by atoms with Gasteiger partial charge >= 0.3 is 0 Å². The molecule has 10 aromatic carbocycles. The van der Waals surface area contributed by atoms with Crippen molar-refractivity contribution in [2.24, 2.45) is 0 Å². The molecule has 1 aromatic heterocycles. The van der Waals surface area contributed by atoms with Crippen molar-refractivity contribution >= 4 is 32.6 Å². The van der Waals surface area contributed by atoms with E-state index >= 15 is 0 Å². The van der Waals surface area contributed by atoms with Gasteiger partial charge in [0.15, 0.2) is 0 Å². The van der Waals surface area contributed by atoms with Gasteiger partial charge in [-0.25, -0.2) is 4.98 Å². The van der Waals surface area contributed by atoms with E-state index in [0.717, 1.165) is 23.3 Å². The van der Waals surface area contributed by atoms with E-state index in [1.807, 2.05) is 0 Å². The summed E-state index contributed by atoms with van der Waals surface area (Å²) in [5.41, 5.74) is 17.7. The molecule has 1 heterocycles. The largest absolute Gasteiger partial charge is 0.295 e. The third-order valence-corrected chi connectivity index (χ3v) is 12.2. The maximum Gasteiger partial charge on any atom is 0.114 e. The van der Waals surface area contributed by atoms with Crippen LogP contribution in [0.2, 0.25) is 0 Å². The van der Waals surface area contributed by atoms with Crippen molar-refractivity contribution in [2.75, 3.05) is 0 Å². The van der Waals surface area contributed by atoms with Crippen molar-refractivity contribution in [2.45, 2.75) is 13.3 Å². The van der Waals surface area contributed by atoms with E-state index in [9.17, 15) is 0 Å². The van der Waals surface area contributed by atoms with Crippen molar-refractivity contribution in [3.8, 4) is 72.4 Å². The molecule has 0 aliphatic carbocycles. The average Bonchev–Trinajstić information content (AvgIpc) is 3.72. The number of fused-ring (bicyclic) bond motifs is 3. The first-order chi connectivity index (χ1) is 30.3. The molecule has 0 fully saturated rings. The number of hydrogen-bond acceptors (Lipinski definition) is 1. The summed E-state index contributed by atoms with van der Waals surface area (Å²) in [6.07, 6.45) is 0.829. The van der Waals surface area contributed by atoms with Gasteiger partial charge < -0.3 is 0 Å². The molecule has 0 aliphatic rings. The van der Waals surface area contributed by atoms with Crippen LogP contribution in [0.15, 0.2) is 224 Å². The van der Waals surface area contributed by atoms with E-state index < -0.39 is 0 Å². The molecule has 11 rings (SSSR count). The first-order valence-corrected chi connectivity index (χ1v) is 21.2. The van der Waals surface area contributed by atoms with E-state index in [-0.39, 0.29) is 0 Å². The third-order valence-electron chi connectivity index (χ3n) is 12.2. The highest BCUT2D eigenvalue weighted by Crippen LogP contribution is 2.51. The molecule has 0 saturated heterocycles. The lowest BCUT2D eigenvalue weighted by atomic mass is 9.78. The van der Waals surface area contributed by atoms with Crippen molar-refractivity contribution in [3.63, 3.8) is 0 Å². The Hall–Kier alpha value is -7.81. The summed E-state index contributed by atoms with van der Waals surface area (Å²) in [7, 11) is 0. The fraction of sp³-hybridized carbons (Fsp3) is 0.0339. The molecule has 0 bridgehead atoms. The molecule has 2 nitrogen and oxygen atoms in total. The Bertz CT molecular complexity index is 3290. The van der Waals surface area contributed by atoms with Gasteiger partial charge in [0.25, 0.3) is 0 Å². The van der Waals surface area contributed by atoms with Crippen LogP contribution in [0.4, 0.5) is 0 Å². The number of benzene rings is 10. The molecule has 61 heavy (non-hydrogen) atoms. The van der Waals surface area contributed by atoms with Crippen LogP contribution in [0.5, 0.6) is 0 Å². The second-order valence-corrected chi connectivity index (χ2v) is 15.7. The maximum absolute atomic E-state index is 5.11. The monoisotopic (exact) mass is 778 g/mol. The molecule has 0 amide bonds. The minimum absolute atomic E-state index is 0.829. The standard InChI is InChI=1S/C59H42N2/c1-2-54-60-52-33-19-20-34-53(52)61(54)59-48-31-17-15-29-46(48)55(47-30-16-18-32-49(47)59)45-37-35-41(36-38-45)51-39-50(40-21-7-3-8-22-40)56(42-23-9-4-10-24-42)58(44-27-13-6-14-28-44)57(51)43-25-11-5-12-26-43/h3-39H,2H2,1H3. The topological polar surface area (TPSA) is 17.8 Å². The Morgan fingerprint density at radius 2 is 0.721 bits per heavy atom. The lowest BCUT2D eigenvalue weighted by Gasteiger charge is -2.24. The third kappa shape index (κ3) is 6.24. The highest BCUT2D eigenvalue weighted by molar-refractivity contribution is 6.19. The molecule has 288 valence electrons. The zero-order chi connectivity index (χ0) is 40.7. The minimum Gasteiger partial charge on any atom is -0.295 e. The number of imidazole rings is 1. The van der Waals surface area contributed by atoms with Gasteiger partial charge in [0.2, 0.25) is 0 Å². The molecule has 0 saturated carbocycles. The summed E-state index contributed by atoms with van der Waals surface area (Å²) in [6, 6.07) is 81.6. The van der Waals surface area contributed by atoms with Crippen LogP contribution in [-0.2, 0) is 6.42 Å². The first-order valence-electron chi connectivity index (χ1n) is 21.2. The zero-order valence-corrected chi connectivity index (χ0v) is 34.0. The van der Waals surface area contributed by atoms with Crippen molar-refractivity contribution in [1.29, 1.82) is 0 Å². The van der Waals surface area contributed by atoms with Gasteiger partial charge in [-0.1, -0.05) is 213 Å². The number of nitrogens with zero attached hydrogens (tertiary/aromatic N) is 2. The lowest BCUT2D eigenvalue weighted by molar-refractivity contribution is 0.917. The molecule has 0 unspecified atom stereocenters. The molecule has 0 N–H and O–H groups in total. The first kappa shape index (κ1) is 36.3. The van der Waals surface area contributed by atoms with Crippen molar-refractivity contribution in [3.05, 3.63) is 230 Å². The highest BCUT2D eigenvalue weighted by Gasteiger charge is 2.25. The van der Waals surface area contributed by atoms with Gasteiger partial charge in [-0.2, -0.15) is 0 Å². The van der Waals surface area contributed by atoms with Gasteiger partial charge in [0, 0.05) is 17.2 Å². The Morgan fingerprint density at radius 3 is 1.23 bits per heavy atom. The fourth-order valence-corrected chi connectivity index (χ4v) is 9.50. The summed E-state index contributed by atoms with van der Waals surface area (Å²) >= 11 is 0. The number of para-hydroxylation sites is 2. The van der Waals surface area contributed by atoms with Crippen LogP contribution in [0.25, 0.3) is 105 Å². The average molecular weight is 779 g/mol. The van der Waals surface area contributed by atoms with Crippen molar-refractivity contribution in [1.82, 2.24) is 9.55 Å². The summed E-state index contributed by atoms with van der Waals surface area (Å²) in [5, 5.41) is 4.86. The molecule has 0 atom stereocenters. The normalized spacial score (nSPS) is 11.4. The lowest BCUT2D eigenvalue weighted by Crippen LogP contribution is -2.03. The van der Waals surface area contributed by atoms with E-state index in [1.165, 1.54) is 94.0 Å². The smallest absolute Gasteiger partial charge is 0.114 e. The number of aryl methyl sites for hydroxylation is 1. The maximum atomic E-state index is 5.11. The zero-order valence-electron chi connectivity index (χ0n) is 34.0. The summed E-state index contributed by atoms with van der Waals surface area (Å²) < 4.78 is 2.39. The quantitative estimate of drug-likeness (QED) is 0.141. The Kier molecular flexibility index (Phi) is 9.17. The number of rotatable bonds is 8. The summed E-state index contributed by atoms with van der Waals surface area (Å²) in [5.74, 6) is 1.06. The van der Waals surface area contributed by atoms with E-state index in [2.05, 4.69) is 236 Å². The van der Waals surface area contributed by atoms with Crippen LogP contribution in [0, 0.1) is 0 Å². The van der Waals surface area contributed by atoms with Crippen LogP contribution < -0.4 is 0 Å². The summed E-state index contributed by atoms with van der Waals surface area (Å²) in [6.45, 7) is 2.20. The van der Waals surface area contributed by atoms with Crippen molar-refractivity contribution < 1.29 is 0 Å². The summed E-state index contributed by atoms with van der Waals surface area (Å²) in [4.78, 5) is 5.11. The molecule has 11 aromatic rings. The fourth-order valence-electron chi connectivity index (χ4n) is 9.50. The second-order valence-electron chi connectivity index (χ2n) is 15.7. The molecule has 0 radical (unpaired) electrons. The number of aromatic nitrogens is 2. The van der Waals surface area contributed by atoms with E-state index in [4.69, 9.17) is 4.98 Å². The SMILES string of the molecule is CCc1nc2ccccc2n1-c1c2ccccc2c(-c2ccc(-c3cc(-c4ccccc4)c(-c4ccccc4)c(-c4ccccc4)c3-c3ccccc3)cc2)c2ccccc12. The van der Waals surface area contributed by atoms with E-state index in [1.54, 1.807) is 0 Å². The van der Waals surface area contributed by atoms with Crippen LogP contribution in [0.3, 0.4) is 0 Å². The minimum atomic E-state index is 0.829. The predicted molar refractivity (Wildman–Crippen MR) is 258 cm³/mol. The molecular weight excluding hydrogens is 737 g/mol. The molecule has 0 spiro atoms. The number of hydrogen-bond donors (Lipinski definition) is 0. The van der Waals surface area contributed by atoms with Crippen LogP contribution >= 0.6 is 0 Å². The Morgan fingerprint density at radius 1 is 0.344 bits per heavy atom. The Balaban J connectivity index is 1.18. The highest BCUT2D eigenvalue weighted by atomic mass is 15.1. The molecular formula is C59H42N2.